The summed E-state index contributed by atoms with van der Waals surface area (Å²) >= 11 is 0. The highest BCUT2D eigenvalue weighted by molar-refractivity contribution is 5.49. The van der Waals surface area contributed by atoms with Gasteiger partial charge < -0.3 is 23.8 Å². The van der Waals surface area contributed by atoms with E-state index in [1.807, 2.05) is 12.1 Å². The molecule has 4 atom stereocenters. The molecule has 4 unspecified atom stereocenters. The van der Waals surface area contributed by atoms with Crippen molar-refractivity contribution in [3.8, 4) is 5.75 Å². The summed E-state index contributed by atoms with van der Waals surface area (Å²) < 4.78 is 21.7. The van der Waals surface area contributed by atoms with Gasteiger partial charge >= 0.3 is 0 Å². The van der Waals surface area contributed by atoms with Gasteiger partial charge in [0.1, 0.15) is 24.6 Å². The minimum atomic E-state index is 0.293. The van der Waals surface area contributed by atoms with Gasteiger partial charge in [-0.2, -0.15) is 0 Å². The molecule has 1 aromatic rings. The molecule has 5 nitrogen and oxygen atoms in total. The molecule has 114 valence electrons. The Bertz CT molecular complexity index is 484. The standard InChI is InChI=1S/C16H21NO4/c1-11-16(21-11)7-17(6-14-8-19-14)12-2-4-13(5-3-12)18-9-15-10-20-15/h2-5,11,14-16H,6-10H2,1H3. The van der Waals surface area contributed by atoms with Gasteiger partial charge in [-0.15, -0.1) is 0 Å². The van der Waals surface area contributed by atoms with E-state index >= 15 is 0 Å². The Kier molecular flexibility index (Phi) is 3.49. The Morgan fingerprint density at radius 2 is 1.76 bits per heavy atom. The van der Waals surface area contributed by atoms with Crippen LogP contribution in [-0.4, -0.2) is 57.3 Å². The van der Waals surface area contributed by atoms with Crippen LogP contribution in [0.15, 0.2) is 24.3 Å². The zero-order valence-corrected chi connectivity index (χ0v) is 12.2. The molecule has 0 aliphatic carbocycles. The van der Waals surface area contributed by atoms with Crippen LogP contribution >= 0.6 is 0 Å². The van der Waals surface area contributed by atoms with Gasteiger partial charge in [0, 0.05) is 18.8 Å². The average Bonchev–Trinajstić information content (AvgIpc) is 3.31. The van der Waals surface area contributed by atoms with E-state index in [0.717, 1.165) is 32.1 Å². The van der Waals surface area contributed by atoms with E-state index in [9.17, 15) is 0 Å². The topological polar surface area (TPSA) is 50.1 Å². The molecule has 0 aromatic heterocycles. The molecule has 0 N–H and O–H groups in total. The highest BCUT2D eigenvalue weighted by Crippen LogP contribution is 2.28. The minimum Gasteiger partial charge on any atom is -0.491 e. The Morgan fingerprint density at radius 3 is 2.33 bits per heavy atom. The van der Waals surface area contributed by atoms with E-state index in [2.05, 4.69) is 24.0 Å². The van der Waals surface area contributed by atoms with Crippen LogP contribution in [0.25, 0.3) is 0 Å². The van der Waals surface area contributed by atoms with Gasteiger partial charge in [0.15, 0.2) is 0 Å². The van der Waals surface area contributed by atoms with Crippen molar-refractivity contribution in [2.24, 2.45) is 0 Å². The molecule has 4 rings (SSSR count). The second kappa shape index (κ2) is 5.48. The molecule has 0 amide bonds. The van der Waals surface area contributed by atoms with Crippen LogP contribution < -0.4 is 9.64 Å². The molecule has 0 bridgehead atoms. The number of benzene rings is 1. The lowest BCUT2D eigenvalue weighted by Crippen LogP contribution is -2.32. The third-order valence-electron chi connectivity index (χ3n) is 4.10. The molecular weight excluding hydrogens is 270 g/mol. The molecule has 0 saturated carbocycles. The first-order valence-electron chi connectivity index (χ1n) is 7.64. The maximum Gasteiger partial charge on any atom is 0.119 e. The Morgan fingerprint density at radius 1 is 1.10 bits per heavy atom. The Labute approximate surface area is 124 Å². The largest absolute Gasteiger partial charge is 0.491 e. The van der Waals surface area contributed by atoms with Gasteiger partial charge in [0.25, 0.3) is 0 Å². The molecule has 3 heterocycles. The highest BCUT2D eigenvalue weighted by atomic mass is 16.6. The fraction of sp³-hybridized carbons (Fsp3) is 0.625. The van der Waals surface area contributed by atoms with E-state index in [-0.39, 0.29) is 0 Å². The highest BCUT2D eigenvalue weighted by Gasteiger charge is 2.37. The maximum absolute atomic E-state index is 5.68. The van der Waals surface area contributed by atoms with E-state index in [1.54, 1.807) is 0 Å². The fourth-order valence-corrected chi connectivity index (χ4v) is 2.45. The molecular formula is C16H21NO4. The van der Waals surface area contributed by atoms with Crippen LogP contribution in [0.4, 0.5) is 5.69 Å². The van der Waals surface area contributed by atoms with Gasteiger partial charge in [-0.1, -0.05) is 0 Å². The first-order chi connectivity index (χ1) is 10.3. The minimum absolute atomic E-state index is 0.293. The van der Waals surface area contributed by atoms with Crippen LogP contribution in [-0.2, 0) is 14.2 Å². The number of hydrogen-bond donors (Lipinski definition) is 0. The molecule has 3 aliphatic heterocycles. The van der Waals surface area contributed by atoms with Crippen LogP contribution in [0.3, 0.4) is 0 Å². The second-order valence-corrected chi connectivity index (χ2v) is 6.00. The summed E-state index contributed by atoms with van der Waals surface area (Å²) in [6.45, 7) is 6.33. The van der Waals surface area contributed by atoms with E-state index in [1.165, 1.54) is 5.69 Å². The van der Waals surface area contributed by atoms with Crippen molar-refractivity contribution in [2.45, 2.75) is 31.3 Å². The monoisotopic (exact) mass is 291 g/mol. The summed E-state index contributed by atoms with van der Waals surface area (Å²) in [5.41, 5.74) is 1.20. The number of nitrogens with zero attached hydrogens (tertiary/aromatic N) is 1. The van der Waals surface area contributed by atoms with Crippen molar-refractivity contribution >= 4 is 5.69 Å². The zero-order chi connectivity index (χ0) is 14.2. The molecule has 0 radical (unpaired) electrons. The number of hydrogen-bond acceptors (Lipinski definition) is 5. The number of rotatable bonds is 8. The summed E-state index contributed by atoms with van der Waals surface area (Å²) in [5, 5.41) is 0. The third-order valence-corrected chi connectivity index (χ3v) is 4.10. The smallest absolute Gasteiger partial charge is 0.119 e. The number of epoxide rings is 3. The quantitative estimate of drug-likeness (QED) is 0.679. The van der Waals surface area contributed by atoms with Gasteiger partial charge in [0.05, 0.1) is 25.4 Å². The zero-order valence-electron chi connectivity index (χ0n) is 12.2. The average molecular weight is 291 g/mol. The van der Waals surface area contributed by atoms with E-state index in [4.69, 9.17) is 18.9 Å². The normalized spacial score (nSPS) is 32.6. The number of anilines is 1. The van der Waals surface area contributed by atoms with Crippen molar-refractivity contribution in [2.75, 3.05) is 37.8 Å². The van der Waals surface area contributed by atoms with Crippen molar-refractivity contribution in [3.05, 3.63) is 24.3 Å². The van der Waals surface area contributed by atoms with Crippen LogP contribution in [0.5, 0.6) is 5.75 Å². The first-order valence-corrected chi connectivity index (χ1v) is 7.64. The van der Waals surface area contributed by atoms with Gasteiger partial charge in [-0.3, -0.25) is 0 Å². The van der Waals surface area contributed by atoms with Crippen LogP contribution in [0, 0.1) is 0 Å². The lowest BCUT2D eigenvalue weighted by atomic mass is 10.2. The molecule has 3 aliphatic rings. The van der Waals surface area contributed by atoms with E-state index < -0.39 is 0 Å². The third kappa shape index (κ3) is 3.67. The summed E-state index contributed by atoms with van der Waals surface area (Å²) in [5.74, 6) is 0.896. The lowest BCUT2D eigenvalue weighted by molar-refractivity contribution is 0.263. The summed E-state index contributed by atoms with van der Waals surface area (Å²) in [4.78, 5) is 2.35. The summed E-state index contributed by atoms with van der Waals surface area (Å²) in [7, 11) is 0. The lowest BCUT2D eigenvalue weighted by Gasteiger charge is -2.23. The predicted molar refractivity (Wildman–Crippen MR) is 78.0 cm³/mol. The van der Waals surface area contributed by atoms with Gasteiger partial charge in [-0.05, 0) is 31.2 Å². The van der Waals surface area contributed by atoms with Gasteiger partial charge in [-0.25, -0.2) is 0 Å². The molecule has 3 fully saturated rings. The van der Waals surface area contributed by atoms with Crippen LogP contribution in [0.2, 0.25) is 0 Å². The predicted octanol–water partition coefficient (Wildman–Crippen LogP) is 1.46. The summed E-state index contributed by atoms with van der Waals surface area (Å²) in [6, 6.07) is 8.27. The molecule has 1 aromatic carbocycles. The van der Waals surface area contributed by atoms with Crippen molar-refractivity contribution < 1.29 is 18.9 Å². The Hall–Kier alpha value is -1.30. The fourth-order valence-electron chi connectivity index (χ4n) is 2.45. The summed E-state index contributed by atoms with van der Waals surface area (Å²) in [6.07, 6.45) is 1.41. The second-order valence-electron chi connectivity index (χ2n) is 6.00. The van der Waals surface area contributed by atoms with E-state index in [0.29, 0.717) is 31.0 Å². The molecule has 21 heavy (non-hydrogen) atoms. The molecule has 5 heteroatoms. The van der Waals surface area contributed by atoms with Crippen molar-refractivity contribution in [3.63, 3.8) is 0 Å². The van der Waals surface area contributed by atoms with Crippen molar-refractivity contribution in [1.82, 2.24) is 0 Å². The van der Waals surface area contributed by atoms with Crippen molar-refractivity contribution in [1.29, 1.82) is 0 Å². The molecule has 0 spiro atoms. The van der Waals surface area contributed by atoms with Crippen LogP contribution in [0.1, 0.15) is 6.92 Å². The first kappa shape index (κ1) is 13.4. The SMILES string of the molecule is CC1OC1CN(CC1CO1)c1ccc(OCC2CO2)cc1. The van der Waals surface area contributed by atoms with Gasteiger partial charge in [0.2, 0.25) is 0 Å². The Balaban J connectivity index is 1.38. The maximum atomic E-state index is 5.68. The molecule has 3 saturated heterocycles. The number of ether oxygens (including phenoxy) is 4.